The number of rotatable bonds is 2. The van der Waals surface area contributed by atoms with E-state index in [1.54, 1.807) is 25.4 Å². The lowest BCUT2D eigenvalue weighted by molar-refractivity contribution is -0.141. The minimum Gasteiger partial charge on any atom is -0.421 e. The minimum atomic E-state index is -4.48. The van der Waals surface area contributed by atoms with Gasteiger partial charge in [-0.05, 0) is 6.08 Å². The molecule has 0 spiro atoms. The topological polar surface area (TPSA) is 42.3 Å². The normalized spacial score (nSPS) is 15.4. The third-order valence-electron chi connectivity index (χ3n) is 2.27. The van der Waals surface area contributed by atoms with Crippen molar-refractivity contribution < 1.29 is 17.9 Å². The molecule has 1 aromatic rings. The van der Waals surface area contributed by atoms with Crippen molar-refractivity contribution in [1.82, 2.24) is 20.2 Å². The molecule has 0 amide bonds. The predicted molar refractivity (Wildman–Crippen MR) is 57.0 cm³/mol. The van der Waals surface area contributed by atoms with Gasteiger partial charge in [0.1, 0.15) is 0 Å². The summed E-state index contributed by atoms with van der Waals surface area (Å²) in [6.07, 6.45) is 0.481. The van der Waals surface area contributed by atoms with E-state index in [0.717, 1.165) is 10.7 Å². The molecule has 0 saturated heterocycles. The van der Waals surface area contributed by atoms with Gasteiger partial charge in [0, 0.05) is 32.4 Å². The molecule has 5 nitrogen and oxygen atoms in total. The van der Waals surface area contributed by atoms with Crippen LogP contribution in [-0.4, -0.2) is 21.8 Å². The van der Waals surface area contributed by atoms with Gasteiger partial charge in [0.25, 0.3) is 0 Å². The van der Waals surface area contributed by atoms with Crippen LogP contribution in [0.4, 0.5) is 13.2 Å². The first kappa shape index (κ1) is 12.3. The fourth-order valence-corrected chi connectivity index (χ4v) is 1.35. The zero-order valence-electron chi connectivity index (χ0n) is 9.69. The number of alkyl halides is 3. The van der Waals surface area contributed by atoms with Gasteiger partial charge < -0.3 is 10.2 Å². The first-order chi connectivity index (χ1) is 8.38. The van der Waals surface area contributed by atoms with Crippen LogP contribution in [0.3, 0.4) is 0 Å². The summed E-state index contributed by atoms with van der Waals surface area (Å²) in [5.41, 5.74) is 1.83. The van der Waals surface area contributed by atoms with Crippen LogP contribution < -0.4 is 10.2 Å². The molecule has 0 saturated carbocycles. The van der Waals surface area contributed by atoms with E-state index in [1.165, 1.54) is 12.1 Å². The second kappa shape index (κ2) is 4.28. The molecular weight excluding hydrogens is 249 g/mol. The van der Waals surface area contributed by atoms with Crippen LogP contribution in [0.2, 0.25) is 0 Å². The Morgan fingerprint density at radius 3 is 2.61 bits per heavy atom. The van der Waals surface area contributed by atoms with Gasteiger partial charge >= 0.3 is 6.18 Å². The lowest BCUT2D eigenvalue weighted by atomic mass is 10.4. The number of halogens is 3. The Labute approximate surface area is 101 Å². The van der Waals surface area contributed by atoms with Crippen molar-refractivity contribution in [3.8, 4) is 5.88 Å². The van der Waals surface area contributed by atoms with Crippen LogP contribution in [0, 0.1) is 0 Å². The Balaban J connectivity index is 2.22. The second-order valence-electron chi connectivity index (χ2n) is 3.64. The smallest absolute Gasteiger partial charge is 0.421 e. The van der Waals surface area contributed by atoms with Gasteiger partial charge in [-0.15, -0.1) is 0 Å². The Kier molecular flexibility index (Phi) is 2.93. The molecule has 98 valence electrons. The molecule has 1 N–H and O–H groups in total. The van der Waals surface area contributed by atoms with Crippen LogP contribution in [0.25, 0.3) is 0 Å². The SMILES string of the molecule is CN1NC=CC=C1Oc1cc(C(F)(F)F)nn1C. The molecule has 0 bridgehead atoms. The molecule has 1 aliphatic heterocycles. The lowest BCUT2D eigenvalue weighted by Crippen LogP contribution is -2.33. The molecule has 0 aromatic carbocycles. The highest BCUT2D eigenvalue weighted by atomic mass is 19.4. The van der Waals surface area contributed by atoms with Crippen molar-refractivity contribution in [3.63, 3.8) is 0 Å². The van der Waals surface area contributed by atoms with E-state index in [-0.39, 0.29) is 5.88 Å². The van der Waals surface area contributed by atoms with Crippen molar-refractivity contribution in [2.45, 2.75) is 6.18 Å². The quantitative estimate of drug-likeness (QED) is 0.877. The zero-order valence-corrected chi connectivity index (χ0v) is 9.69. The van der Waals surface area contributed by atoms with Crippen LogP contribution in [0.1, 0.15) is 5.69 Å². The first-order valence-corrected chi connectivity index (χ1v) is 5.04. The maximum absolute atomic E-state index is 12.5. The molecule has 0 radical (unpaired) electrons. The van der Waals surface area contributed by atoms with Crippen molar-refractivity contribution in [3.05, 3.63) is 36.0 Å². The van der Waals surface area contributed by atoms with Gasteiger partial charge in [-0.3, -0.25) is 5.01 Å². The van der Waals surface area contributed by atoms with Crippen LogP contribution >= 0.6 is 0 Å². The van der Waals surface area contributed by atoms with E-state index in [0.29, 0.717) is 5.88 Å². The molecule has 18 heavy (non-hydrogen) atoms. The zero-order chi connectivity index (χ0) is 13.3. The minimum absolute atomic E-state index is 0.0116. The second-order valence-corrected chi connectivity index (χ2v) is 3.64. The molecule has 1 aromatic heterocycles. The van der Waals surface area contributed by atoms with Gasteiger partial charge in [0.15, 0.2) is 5.69 Å². The van der Waals surface area contributed by atoms with Crippen LogP contribution in [0.15, 0.2) is 30.3 Å². The van der Waals surface area contributed by atoms with Crippen molar-refractivity contribution >= 4 is 0 Å². The monoisotopic (exact) mass is 260 g/mol. The summed E-state index contributed by atoms with van der Waals surface area (Å²) >= 11 is 0. The standard InChI is InChI=1S/C10H11F3N4O/c1-16-8(4-3-5-14-16)18-9-6-7(10(11,12)13)15-17(9)2/h3-6,14H,1-2H3. The molecule has 0 aliphatic carbocycles. The fourth-order valence-electron chi connectivity index (χ4n) is 1.35. The maximum Gasteiger partial charge on any atom is 0.435 e. The summed E-state index contributed by atoms with van der Waals surface area (Å²) in [5, 5.41) is 4.88. The highest BCUT2D eigenvalue weighted by Gasteiger charge is 2.35. The van der Waals surface area contributed by atoms with E-state index in [9.17, 15) is 13.2 Å². The number of hydrazine groups is 1. The number of aromatic nitrogens is 2. The molecule has 0 unspecified atom stereocenters. The maximum atomic E-state index is 12.5. The Morgan fingerprint density at radius 1 is 1.33 bits per heavy atom. The summed E-state index contributed by atoms with van der Waals surface area (Å²) < 4.78 is 43.8. The molecule has 1 aliphatic rings. The van der Waals surface area contributed by atoms with E-state index >= 15 is 0 Å². The lowest BCUT2D eigenvalue weighted by Gasteiger charge is -2.23. The van der Waals surface area contributed by atoms with E-state index in [1.807, 2.05) is 0 Å². The summed E-state index contributed by atoms with van der Waals surface area (Å²) in [4.78, 5) is 0. The van der Waals surface area contributed by atoms with Crippen LogP contribution in [0.5, 0.6) is 5.88 Å². The molecule has 0 atom stereocenters. The third-order valence-corrected chi connectivity index (χ3v) is 2.27. The van der Waals surface area contributed by atoms with E-state index in [2.05, 4.69) is 10.5 Å². The molecule has 2 rings (SSSR count). The largest absolute Gasteiger partial charge is 0.435 e. The third kappa shape index (κ3) is 2.41. The number of ether oxygens (including phenoxy) is 1. The van der Waals surface area contributed by atoms with Gasteiger partial charge in [-0.1, -0.05) is 0 Å². The highest BCUT2D eigenvalue weighted by molar-refractivity contribution is 5.22. The number of hydrogen-bond acceptors (Lipinski definition) is 4. The first-order valence-electron chi connectivity index (χ1n) is 5.04. The highest BCUT2D eigenvalue weighted by Crippen LogP contribution is 2.30. The number of aryl methyl sites for hydroxylation is 1. The Morgan fingerprint density at radius 2 is 2.06 bits per heavy atom. The van der Waals surface area contributed by atoms with Gasteiger partial charge in [-0.2, -0.15) is 18.3 Å². The van der Waals surface area contributed by atoms with Crippen molar-refractivity contribution in [1.29, 1.82) is 0 Å². The number of nitrogens with zero attached hydrogens (tertiary/aromatic N) is 3. The molecular formula is C10H11F3N4O. The molecule has 0 fully saturated rings. The average Bonchev–Trinajstić information content (AvgIpc) is 2.63. The summed E-state index contributed by atoms with van der Waals surface area (Å²) in [6.45, 7) is 0. The summed E-state index contributed by atoms with van der Waals surface area (Å²) in [6, 6.07) is 0.854. The van der Waals surface area contributed by atoms with Crippen molar-refractivity contribution in [2.24, 2.45) is 7.05 Å². The fraction of sp³-hybridized carbons (Fsp3) is 0.300. The molecule has 8 heteroatoms. The van der Waals surface area contributed by atoms with E-state index < -0.39 is 11.9 Å². The van der Waals surface area contributed by atoms with Crippen LogP contribution in [-0.2, 0) is 13.2 Å². The predicted octanol–water partition coefficient (Wildman–Crippen LogP) is 1.62. The number of nitrogens with one attached hydrogen (secondary N) is 1. The van der Waals surface area contributed by atoms with E-state index in [4.69, 9.17) is 4.74 Å². The van der Waals surface area contributed by atoms with Gasteiger partial charge in [0.2, 0.25) is 11.8 Å². The summed E-state index contributed by atoms with van der Waals surface area (Å²) in [5.74, 6) is 0.381. The summed E-state index contributed by atoms with van der Waals surface area (Å²) in [7, 11) is 3.06. The Hall–Kier alpha value is -2.12. The average molecular weight is 260 g/mol. The van der Waals surface area contributed by atoms with Crippen molar-refractivity contribution in [2.75, 3.05) is 7.05 Å². The van der Waals surface area contributed by atoms with Gasteiger partial charge in [-0.25, -0.2) is 4.68 Å². The van der Waals surface area contributed by atoms with Gasteiger partial charge in [0.05, 0.1) is 0 Å². The number of allylic oxidation sites excluding steroid dienone is 2. The Bertz CT molecular complexity index is 504. The molecule has 2 heterocycles. The number of hydrogen-bond donors (Lipinski definition) is 1.